The lowest BCUT2D eigenvalue weighted by molar-refractivity contribution is -0.131. The van der Waals surface area contributed by atoms with Crippen LogP contribution in [-0.2, 0) is 9.59 Å². The summed E-state index contributed by atoms with van der Waals surface area (Å²) in [4.78, 5) is 41.0. The molecule has 0 spiro atoms. The summed E-state index contributed by atoms with van der Waals surface area (Å²) in [6.45, 7) is 5.17. The smallest absolute Gasteiger partial charge is 0.297 e. The Hall–Kier alpha value is -4.65. The second-order valence-electron chi connectivity index (χ2n) is 11.4. The number of para-hydroxylation sites is 3. The predicted molar refractivity (Wildman–Crippen MR) is 163 cm³/mol. The molecular formula is C32H34F2N6O5. The van der Waals surface area contributed by atoms with E-state index in [1.165, 1.54) is 0 Å². The van der Waals surface area contributed by atoms with E-state index in [2.05, 4.69) is 21.5 Å². The Morgan fingerprint density at radius 2 is 1.84 bits per heavy atom. The number of rotatable bonds is 6. The lowest BCUT2D eigenvalue weighted by Crippen LogP contribution is -2.42. The SMILES string of the molecule is CC(=O)N1CCC(n2c(O[C@H]3C[C@@H](C=O)N(c4nc(C(F)F)nc5c4oc4ccccc45)C3)nc3ccccc32)[C@@H](C)C1.CO. The number of aldehydes is 1. The van der Waals surface area contributed by atoms with Crippen LogP contribution < -0.4 is 9.64 Å². The Morgan fingerprint density at radius 1 is 1.09 bits per heavy atom. The number of hydrogen-bond acceptors (Lipinski definition) is 9. The molecule has 0 bridgehead atoms. The van der Waals surface area contributed by atoms with Crippen LogP contribution in [0.1, 0.15) is 45.0 Å². The van der Waals surface area contributed by atoms with Crippen molar-refractivity contribution in [1.29, 1.82) is 0 Å². The van der Waals surface area contributed by atoms with Crippen LogP contribution in [0.5, 0.6) is 6.01 Å². The van der Waals surface area contributed by atoms with Crippen LogP contribution in [0.2, 0.25) is 0 Å². The molecule has 236 valence electrons. The summed E-state index contributed by atoms with van der Waals surface area (Å²) in [6, 6.07) is 14.6. The van der Waals surface area contributed by atoms with Crippen molar-refractivity contribution in [2.75, 3.05) is 31.6 Å². The molecule has 0 radical (unpaired) electrons. The number of aliphatic hydroxyl groups is 1. The van der Waals surface area contributed by atoms with Gasteiger partial charge in [0, 0.05) is 45.0 Å². The Balaban J connectivity index is 0.00000175. The van der Waals surface area contributed by atoms with Gasteiger partial charge in [0.15, 0.2) is 17.2 Å². The number of aromatic nitrogens is 4. The summed E-state index contributed by atoms with van der Waals surface area (Å²) in [5.74, 6) is -0.286. The molecule has 0 aliphatic carbocycles. The van der Waals surface area contributed by atoms with Gasteiger partial charge in [-0.25, -0.2) is 18.7 Å². The molecule has 13 heteroatoms. The lowest BCUT2D eigenvalue weighted by Gasteiger charge is -2.37. The molecule has 2 aliphatic heterocycles. The number of halogens is 2. The fraction of sp³-hybridized carbons (Fsp3) is 0.406. The van der Waals surface area contributed by atoms with Crippen LogP contribution in [-0.4, -0.2) is 80.6 Å². The maximum absolute atomic E-state index is 13.9. The normalized spacial score (nSPS) is 21.8. The third kappa shape index (κ3) is 5.45. The lowest BCUT2D eigenvalue weighted by atomic mass is 9.93. The van der Waals surface area contributed by atoms with Gasteiger partial charge in [0.25, 0.3) is 12.4 Å². The molecule has 2 saturated heterocycles. The van der Waals surface area contributed by atoms with Gasteiger partial charge in [-0.15, -0.1) is 0 Å². The fourth-order valence-corrected chi connectivity index (χ4v) is 6.55. The highest BCUT2D eigenvalue weighted by atomic mass is 19.3. The number of benzene rings is 2. The topological polar surface area (TPSA) is 127 Å². The molecule has 1 N–H and O–H groups in total. The molecule has 3 aromatic heterocycles. The van der Waals surface area contributed by atoms with Crippen molar-refractivity contribution in [2.45, 2.75) is 51.3 Å². The van der Waals surface area contributed by atoms with Crippen molar-refractivity contribution in [3.63, 3.8) is 0 Å². The van der Waals surface area contributed by atoms with E-state index in [1.54, 1.807) is 36.1 Å². The van der Waals surface area contributed by atoms with Gasteiger partial charge in [-0.2, -0.15) is 4.98 Å². The minimum absolute atomic E-state index is 0.0445. The Labute approximate surface area is 257 Å². The molecular weight excluding hydrogens is 586 g/mol. The molecule has 1 amide bonds. The molecule has 0 saturated carbocycles. The summed E-state index contributed by atoms with van der Waals surface area (Å²) in [6.07, 6.45) is -1.56. The second kappa shape index (κ2) is 12.4. The van der Waals surface area contributed by atoms with Gasteiger partial charge < -0.3 is 28.9 Å². The van der Waals surface area contributed by atoms with Crippen molar-refractivity contribution < 1.29 is 32.6 Å². The number of fused-ring (bicyclic) bond motifs is 4. The van der Waals surface area contributed by atoms with E-state index in [0.29, 0.717) is 36.5 Å². The van der Waals surface area contributed by atoms with Crippen LogP contribution >= 0.6 is 0 Å². The first kappa shape index (κ1) is 30.4. The number of furan rings is 1. The number of piperidine rings is 1. The Kier molecular flexibility index (Phi) is 8.36. The monoisotopic (exact) mass is 620 g/mol. The van der Waals surface area contributed by atoms with Gasteiger partial charge >= 0.3 is 0 Å². The molecule has 4 atom stereocenters. The fourth-order valence-electron chi connectivity index (χ4n) is 6.55. The van der Waals surface area contributed by atoms with E-state index in [-0.39, 0.29) is 41.3 Å². The van der Waals surface area contributed by atoms with E-state index in [1.807, 2.05) is 29.2 Å². The molecule has 7 rings (SSSR count). The number of aliphatic hydroxyl groups excluding tert-OH is 1. The number of amides is 1. The highest BCUT2D eigenvalue weighted by Gasteiger charge is 2.39. The number of imidazole rings is 1. The molecule has 45 heavy (non-hydrogen) atoms. The zero-order chi connectivity index (χ0) is 31.8. The van der Waals surface area contributed by atoms with Crippen molar-refractivity contribution >= 4 is 51.1 Å². The second-order valence-corrected chi connectivity index (χ2v) is 11.4. The van der Waals surface area contributed by atoms with Crippen LogP contribution in [0.3, 0.4) is 0 Å². The van der Waals surface area contributed by atoms with Crippen LogP contribution in [0.25, 0.3) is 33.1 Å². The third-order valence-electron chi connectivity index (χ3n) is 8.62. The van der Waals surface area contributed by atoms with Gasteiger partial charge in [0.05, 0.1) is 23.6 Å². The highest BCUT2D eigenvalue weighted by Crippen LogP contribution is 2.39. The Bertz CT molecular complexity index is 1860. The maximum Gasteiger partial charge on any atom is 0.297 e. The Morgan fingerprint density at radius 3 is 2.58 bits per heavy atom. The number of ether oxygens (including phenoxy) is 1. The van der Waals surface area contributed by atoms with Crippen LogP contribution in [0.15, 0.2) is 52.9 Å². The van der Waals surface area contributed by atoms with E-state index < -0.39 is 24.4 Å². The van der Waals surface area contributed by atoms with Crippen molar-refractivity contribution in [3.05, 3.63) is 54.4 Å². The zero-order valence-electron chi connectivity index (χ0n) is 25.1. The standard InChI is InChI=1S/C31H30F2N6O4.CH4O/c1-17-14-37(18(2)41)12-11-23(17)39-24-9-5-4-8-22(24)34-31(39)42-20-13-19(16-40)38(15-20)30-27-26(35-29(36-30)28(32)33)21-7-3-6-10-25(21)43-27;1-2/h3-10,16-17,19-20,23,28H,11-15H2,1-2H3;2H,1H3/t17-,19-,20-,23?;/m0./s1. The average Bonchev–Trinajstić information content (AvgIpc) is 3.74. The van der Waals surface area contributed by atoms with E-state index in [0.717, 1.165) is 30.9 Å². The van der Waals surface area contributed by atoms with Crippen LogP contribution in [0.4, 0.5) is 14.6 Å². The molecule has 5 heterocycles. The highest BCUT2D eigenvalue weighted by molar-refractivity contribution is 6.06. The number of anilines is 1. The van der Waals surface area contributed by atoms with Crippen molar-refractivity contribution in [2.24, 2.45) is 5.92 Å². The number of likely N-dealkylation sites (tertiary alicyclic amines) is 1. The van der Waals surface area contributed by atoms with Gasteiger partial charge in [0.2, 0.25) is 5.91 Å². The van der Waals surface area contributed by atoms with E-state index >= 15 is 0 Å². The minimum Gasteiger partial charge on any atom is -0.459 e. The molecule has 2 fully saturated rings. The van der Waals surface area contributed by atoms with Crippen molar-refractivity contribution in [3.8, 4) is 6.01 Å². The number of nitrogens with zero attached hydrogens (tertiary/aromatic N) is 6. The van der Waals surface area contributed by atoms with Gasteiger partial charge in [-0.3, -0.25) is 9.36 Å². The first-order valence-electron chi connectivity index (χ1n) is 14.9. The first-order valence-corrected chi connectivity index (χ1v) is 14.9. The largest absolute Gasteiger partial charge is 0.459 e. The summed E-state index contributed by atoms with van der Waals surface area (Å²) < 4.78 is 42.6. The number of alkyl halides is 2. The van der Waals surface area contributed by atoms with Gasteiger partial charge in [-0.05, 0) is 36.6 Å². The van der Waals surface area contributed by atoms with Gasteiger partial charge in [0.1, 0.15) is 23.5 Å². The maximum atomic E-state index is 13.9. The molecule has 1 unspecified atom stereocenters. The molecule has 2 aliphatic rings. The third-order valence-corrected chi connectivity index (χ3v) is 8.62. The average molecular weight is 621 g/mol. The predicted octanol–water partition coefficient (Wildman–Crippen LogP) is 4.93. The van der Waals surface area contributed by atoms with E-state index in [4.69, 9.17) is 19.2 Å². The number of carbonyl (C=O) groups excluding carboxylic acids is 2. The molecule has 2 aromatic carbocycles. The summed E-state index contributed by atoms with van der Waals surface area (Å²) in [7, 11) is 1.00. The number of hydrogen-bond donors (Lipinski definition) is 1. The summed E-state index contributed by atoms with van der Waals surface area (Å²) >= 11 is 0. The number of carbonyl (C=O) groups is 2. The van der Waals surface area contributed by atoms with Crippen LogP contribution in [0, 0.1) is 5.92 Å². The zero-order valence-corrected chi connectivity index (χ0v) is 25.1. The van der Waals surface area contributed by atoms with Crippen molar-refractivity contribution in [1.82, 2.24) is 24.4 Å². The minimum atomic E-state index is -2.91. The van der Waals surface area contributed by atoms with E-state index in [9.17, 15) is 18.4 Å². The summed E-state index contributed by atoms with van der Waals surface area (Å²) in [5, 5.41) is 7.59. The molecule has 11 nitrogen and oxygen atoms in total. The molecule has 5 aromatic rings. The quantitative estimate of drug-likeness (QED) is 0.263. The summed E-state index contributed by atoms with van der Waals surface area (Å²) in [5.41, 5.74) is 2.72. The first-order chi connectivity index (χ1) is 21.8. The van der Waals surface area contributed by atoms with Gasteiger partial charge in [-0.1, -0.05) is 31.2 Å².